The molecule has 0 spiro atoms. The van der Waals surface area contributed by atoms with Crippen molar-refractivity contribution in [2.24, 2.45) is 7.05 Å². The van der Waals surface area contributed by atoms with Gasteiger partial charge in [-0.25, -0.2) is 0 Å². The van der Waals surface area contributed by atoms with E-state index in [0.29, 0.717) is 0 Å². The van der Waals surface area contributed by atoms with E-state index in [1.165, 1.54) is 16.7 Å². The van der Waals surface area contributed by atoms with Crippen molar-refractivity contribution in [1.29, 1.82) is 0 Å². The van der Waals surface area contributed by atoms with Crippen molar-refractivity contribution in [3.05, 3.63) is 90.3 Å². The first-order chi connectivity index (χ1) is 14.1. The van der Waals surface area contributed by atoms with Crippen LogP contribution in [0.25, 0.3) is 11.1 Å². The summed E-state index contributed by atoms with van der Waals surface area (Å²) < 4.78 is 1.95. The fourth-order valence-corrected chi connectivity index (χ4v) is 3.98. The van der Waals surface area contributed by atoms with E-state index in [-0.39, 0.29) is 6.04 Å². The summed E-state index contributed by atoms with van der Waals surface area (Å²) in [6.07, 6.45) is 7.39. The second-order valence-electron chi connectivity index (χ2n) is 7.23. The second-order valence-corrected chi connectivity index (χ2v) is 7.23. The molecule has 0 aliphatic heterocycles. The molecule has 0 radical (unpaired) electrons. The van der Waals surface area contributed by atoms with Gasteiger partial charge < -0.3 is 4.90 Å². The van der Waals surface area contributed by atoms with Crippen molar-refractivity contribution >= 4 is 11.4 Å². The smallest absolute Gasteiger partial charge is 0.0674 e. The lowest BCUT2D eigenvalue weighted by Crippen LogP contribution is -2.22. The predicted octanol–water partition coefficient (Wildman–Crippen LogP) is 5.39. The summed E-state index contributed by atoms with van der Waals surface area (Å²) in [6.45, 7) is 6.42. The van der Waals surface area contributed by atoms with Crippen LogP contribution in [-0.2, 0) is 7.05 Å². The van der Waals surface area contributed by atoms with Crippen molar-refractivity contribution in [1.82, 2.24) is 19.7 Å². The van der Waals surface area contributed by atoms with Gasteiger partial charge in [0.2, 0.25) is 0 Å². The summed E-state index contributed by atoms with van der Waals surface area (Å²) >= 11 is 0. The third-order valence-electron chi connectivity index (χ3n) is 5.42. The van der Waals surface area contributed by atoms with E-state index in [4.69, 9.17) is 0 Å². The molecule has 0 aliphatic carbocycles. The van der Waals surface area contributed by atoms with Crippen LogP contribution in [0.4, 0.5) is 11.4 Å². The van der Waals surface area contributed by atoms with Gasteiger partial charge in [0.1, 0.15) is 0 Å². The molecule has 1 aromatic carbocycles. The van der Waals surface area contributed by atoms with Gasteiger partial charge in [0.05, 0.1) is 35.5 Å². The fraction of sp³-hybridized carbons (Fsp3) is 0.208. The Hall–Kier alpha value is -3.47. The minimum absolute atomic E-state index is 0.0682. The molecule has 0 aliphatic rings. The maximum Gasteiger partial charge on any atom is 0.0674 e. The standard InChI is InChI=1S/C24H25N5/c1-17-24(19(3)28(4)27-17)23-12-6-5-11-22(23)18(2)29(20-9-7-13-25-15-20)21-10-8-14-26-16-21/h5-16,18H,1-4H3. The third-order valence-corrected chi connectivity index (χ3v) is 5.42. The maximum atomic E-state index is 4.63. The highest BCUT2D eigenvalue weighted by atomic mass is 15.3. The lowest BCUT2D eigenvalue weighted by molar-refractivity contribution is 0.731. The molecular formula is C24H25N5. The number of nitrogens with zero attached hydrogens (tertiary/aromatic N) is 5. The van der Waals surface area contributed by atoms with E-state index in [1.54, 1.807) is 12.4 Å². The van der Waals surface area contributed by atoms with Crippen LogP contribution >= 0.6 is 0 Å². The molecule has 146 valence electrons. The number of pyridine rings is 2. The number of anilines is 2. The molecule has 1 atom stereocenters. The minimum Gasteiger partial charge on any atom is -0.332 e. The van der Waals surface area contributed by atoms with Crippen molar-refractivity contribution < 1.29 is 0 Å². The van der Waals surface area contributed by atoms with Gasteiger partial charge in [-0.2, -0.15) is 5.10 Å². The zero-order valence-corrected chi connectivity index (χ0v) is 17.2. The van der Waals surface area contributed by atoms with Gasteiger partial charge in [0.15, 0.2) is 0 Å². The van der Waals surface area contributed by atoms with Gasteiger partial charge >= 0.3 is 0 Å². The largest absolute Gasteiger partial charge is 0.332 e. The topological polar surface area (TPSA) is 46.8 Å². The third kappa shape index (κ3) is 3.51. The molecular weight excluding hydrogens is 358 g/mol. The van der Waals surface area contributed by atoms with Crippen molar-refractivity contribution in [3.63, 3.8) is 0 Å². The second kappa shape index (κ2) is 7.87. The van der Waals surface area contributed by atoms with E-state index in [0.717, 1.165) is 22.8 Å². The van der Waals surface area contributed by atoms with Gasteiger partial charge in [0.25, 0.3) is 0 Å². The van der Waals surface area contributed by atoms with Crippen LogP contribution in [0.15, 0.2) is 73.3 Å². The summed E-state index contributed by atoms with van der Waals surface area (Å²) in [5, 5.41) is 4.63. The molecule has 4 aromatic rings. The van der Waals surface area contributed by atoms with Crippen LogP contribution in [0, 0.1) is 13.8 Å². The van der Waals surface area contributed by atoms with Crippen LogP contribution in [-0.4, -0.2) is 19.7 Å². The summed E-state index contributed by atoms with van der Waals surface area (Å²) in [5.74, 6) is 0. The average molecular weight is 383 g/mol. The van der Waals surface area contributed by atoms with Gasteiger partial charge in [-0.15, -0.1) is 0 Å². The highest BCUT2D eigenvalue weighted by Gasteiger charge is 2.23. The van der Waals surface area contributed by atoms with Gasteiger partial charge in [-0.1, -0.05) is 24.3 Å². The Labute approximate surface area is 171 Å². The first-order valence-electron chi connectivity index (χ1n) is 9.76. The molecule has 5 nitrogen and oxygen atoms in total. The molecule has 3 heterocycles. The van der Waals surface area contributed by atoms with Crippen LogP contribution in [0.5, 0.6) is 0 Å². The van der Waals surface area contributed by atoms with E-state index < -0.39 is 0 Å². The van der Waals surface area contributed by atoms with Crippen molar-refractivity contribution in [2.75, 3.05) is 4.90 Å². The average Bonchev–Trinajstić information content (AvgIpc) is 3.01. The number of benzene rings is 1. The quantitative estimate of drug-likeness (QED) is 0.463. The van der Waals surface area contributed by atoms with Gasteiger partial charge in [-0.05, 0) is 56.2 Å². The van der Waals surface area contributed by atoms with E-state index in [1.807, 2.05) is 36.3 Å². The van der Waals surface area contributed by atoms with Gasteiger partial charge in [0, 0.05) is 30.7 Å². The molecule has 5 heteroatoms. The first-order valence-corrected chi connectivity index (χ1v) is 9.76. The van der Waals surface area contributed by atoms with Gasteiger partial charge in [-0.3, -0.25) is 14.6 Å². The fourth-order valence-electron chi connectivity index (χ4n) is 3.98. The lowest BCUT2D eigenvalue weighted by Gasteiger charge is -2.32. The molecule has 0 N–H and O–H groups in total. The summed E-state index contributed by atoms with van der Waals surface area (Å²) in [4.78, 5) is 11.0. The predicted molar refractivity (Wildman–Crippen MR) is 117 cm³/mol. The Kier molecular flexibility index (Phi) is 5.12. The van der Waals surface area contributed by atoms with Crippen molar-refractivity contribution in [3.8, 4) is 11.1 Å². The molecule has 0 amide bonds. The molecule has 0 bridgehead atoms. The Morgan fingerprint density at radius 1 is 0.862 bits per heavy atom. The Morgan fingerprint density at radius 2 is 1.48 bits per heavy atom. The summed E-state index contributed by atoms with van der Waals surface area (Å²) in [6, 6.07) is 16.7. The Balaban J connectivity index is 1.87. The molecule has 0 fully saturated rings. The van der Waals surface area contributed by atoms with Crippen LogP contribution in [0.1, 0.15) is 29.9 Å². The zero-order valence-electron chi connectivity index (χ0n) is 17.2. The van der Waals surface area contributed by atoms with Crippen LogP contribution in [0.3, 0.4) is 0 Å². The number of aryl methyl sites for hydroxylation is 2. The van der Waals surface area contributed by atoms with Crippen LogP contribution < -0.4 is 4.90 Å². The minimum atomic E-state index is 0.0682. The zero-order chi connectivity index (χ0) is 20.4. The molecule has 3 aromatic heterocycles. The molecule has 1 unspecified atom stereocenters. The molecule has 4 rings (SSSR count). The van der Waals surface area contributed by atoms with E-state index >= 15 is 0 Å². The highest BCUT2D eigenvalue weighted by molar-refractivity contribution is 5.74. The molecule has 0 saturated carbocycles. The summed E-state index contributed by atoms with van der Waals surface area (Å²) in [7, 11) is 2.00. The number of aromatic nitrogens is 4. The molecule has 29 heavy (non-hydrogen) atoms. The number of hydrogen-bond acceptors (Lipinski definition) is 4. The first kappa shape index (κ1) is 18.9. The summed E-state index contributed by atoms with van der Waals surface area (Å²) in [5.41, 5.74) is 7.91. The molecule has 0 saturated heterocycles. The normalized spacial score (nSPS) is 12.0. The van der Waals surface area contributed by atoms with Crippen molar-refractivity contribution in [2.45, 2.75) is 26.8 Å². The van der Waals surface area contributed by atoms with E-state index in [2.05, 4.69) is 77.1 Å². The number of rotatable bonds is 5. The monoisotopic (exact) mass is 383 g/mol. The van der Waals surface area contributed by atoms with Crippen LogP contribution in [0.2, 0.25) is 0 Å². The highest BCUT2D eigenvalue weighted by Crippen LogP contribution is 2.39. The Morgan fingerprint density at radius 3 is 2.00 bits per heavy atom. The number of hydrogen-bond donors (Lipinski definition) is 0. The lowest BCUT2D eigenvalue weighted by atomic mass is 9.93. The Bertz CT molecular complexity index is 1060. The SMILES string of the molecule is Cc1nn(C)c(C)c1-c1ccccc1C(C)N(c1cccnc1)c1cccnc1. The van der Waals surface area contributed by atoms with E-state index in [9.17, 15) is 0 Å². The maximum absolute atomic E-state index is 4.63.